The zero-order valence-electron chi connectivity index (χ0n) is 10.6. The van der Waals surface area contributed by atoms with Gasteiger partial charge in [0.15, 0.2) is 0 Å². The summed E-state index contributed by atoms with van der Waals surface area (Å²) in [5, 5.41) is 0.471. The van der Waals surface area contributed by atoms with Crippen molar-refractivity contribution in [3.63, 3.8) is 0 Å². The van der Waals surface area contributed by atoms with E-state index in [2.05, 4.69) is 4.72 Å². The van der Waals surface area contributed by atoms with Crippen molar-refractivity contribution < 1.29 is 13.2 Å². The Hall–Kier alpha value is -0.620. The van der Waals surface area contributed by atoms with E-state index in [0.29, 0.717) is 16.5 Å². The quantitative estimate of drug-likeness (QED) is 0.930. The number of sulfonamides is 1. The van der Waals surface area contributed by atoms with Gasteiger partial charge in [0.1, 0.15) is 0 Å². The number of fused-ring (bicyclic) bond motifs is 1. The van der Waals surface area contributed by atoms with Crippen molar-refractivity contribution >= 4 is 21.6 Å². The largest absolute Gasteiger partial charge is 0.378 e. The van der Waals surface area contributed by atoms with Gasteiger partial charge in [0.25, 0.3) is 0 Å². The van der Waals surface area contributed by atoms with Gasteiger partial charge in [0, 0.05) is 23.6 Å². The van der Waals surface area contributed by atoms with Crippen LogP contribution in [0, 0.1) is 12.8 Å². The molecule has 6 heteroatoms. The second kappa shape index (κ2) is 4.74. The predicted molar refractivity (Wildman–Crippen MR) is 72.8 cm³/mol. The molecule has 1 heterocycles. The lowest BCUT2D eigenvalue weighted by Crippen LogP contribution is -2.53. The van der Waals surface area contributed by atoms with Crippen molar-refractivity contribution in [3.05, 3.63) is 28.8 Å². The van der Waals surface area contributed by atoms with Gasteiger partial charge >= 0.3 is 0 Å². The maximum absolute atomic E-state index is 12.4. The van der Waals surface area contributed by atoms with Crippen LogP contribution in [0.25, 0.3) is 0 Å². The molecule has 2 aliphatic rings. The van der Waals surface area contributed by atoms with Crippen LogP contribution in [0.15, 0.2) is 23.1 Å². The molecule has 1 aromatic carbocycles. The van der Waals surface area contributed by atoms with Gasteiger partial charge in [0.05, 0.1) is 11.0 Å². The summed E-state index contributed by atoms with van der Waals surface area (Å²) in [6, 6.07) is 4.94. The van der Waals surface area contributed by atoms with Crippen LogP contribution in [0.1, 0.15) is 18.4 Å². The third-order valence-corrected chi connectivity index (χ3v) is 6.12. The zero-order valence-corrected chi connectivity index (χ0v) is 12.2. The Balaban J connectivity index is 1.81. The Morgan fingerprint density at radius 2 is 2.21 bits per heavy atom. The first-order valence-electron chi connectivity index (χ1n) is 6.38. The molecule has 1 saturated carbocycles. The minimum Gasteiger partial charge on any atom is -0.378 e. The Labute approximate surface area is 118 Å². The molecule has 104 valence electrons. The van der Waals surface area contributed by atoms with E-state index in [1.807, 2.05) is 0 Å². The molecule has 1 aliphatic carbocycles. The highest BCUT2D eigenvalue weighted by molar-refractivity contribution is 7.89. The molecule has 1 saturated heterocycles. The Morgan fingerprint density at radius 3 is 2.95 bits per heavy atom. The van der Waals surface area contributed by atoms with E-state index in [0.717, 1.165) is 19.4 Å². The van der Waals surface area contributed by atoms with E-state index < -0.39 is 10.0 Å². The molecule has 3 atom stereocenters. The van der Waals surface area contributed by atoms with Gasteiger partial charge in [-0.15, -0.1) is 0 Å². The molecule has 0 spiro atoms. The van der Waals surface area contributed by atoms with Crippen molar-refractivity contribution in [2.24, 2.45) is 5.92 Å². The van der Waals surface area contributed by atoms with E-state index >= 15 is 0 Å². The number of hydrogen-bond acceptors (Lipinski definition) is 3. The third kappa shape index (κ3) is 2.29. The van der Waals surface area contributed by atoms with Gasteiger partial charge < -0.3 is 4.74 Å². The lowest BCUT2D eigenvalue weighted by atomic mass is 9.77. The van der Waals surface area contributed by atoms with Gasteiger partial charge in [-0.3, -0.25) is 0 Å². The van der Waals surface area contributed by atoms with E-state index in [9.17, 15) is 8.42 Å². The standard InChI is InChI=1S/C13H16ClNO3S/c1-8-10(14)3-2-4-13(8)19(16,17)15-11-7-12-9(11)5-6-18-12/h2-4,9,11-12,15H,5-7H2,1H3/t9-,11+,12+/m0/s1. The number of hydrogen-bond donors (Lipinski definition) is 1. The first-order chi connectivity index (χ1) is 8.99. The van der Waals surface area contributed by atoms with Crippen LogP contribution in [0.3, 0.4) is 0 Å². The number of halogens is 1. The summed E-state index contributed by atoms with van der Waals surface area (Å²) in [4.78, 5) is 0.266. The van der Waals surface area contributed by atoms with Crippen molar-refractivity contribution in [3.8, 4) is 0 Å². The molecule has 1 N–H and O–H groups in total. The Morgan fingerprint density at radius 1 is 1.42 bits per heavy atom. The van der Waals surface area contributed by atoms with Crippen molar-refractivity contribution in [1.82, 2.24) is 4.72 Å². The molecule has 0 amide bonds. The highest BCUT2D eigenvalue weighted by Gasteiger charge is 2.46. The van der Waals surface area contributed by atoms with Crippen LogP contribution >= 0.6 is 11.6 Å². The van der Waals surface area contributed by atoms with Gasteiger partial charge in [0.2, 0.25) is 10.0 Å². The monoisotopic (exact) mass is 301 g/mol. The number of nitrogens with one attached hydrogen (secondary N) is 1. The summed E-state index contributed by atoms with van der Waals surface area (Å²) in [6.07, 6.45) is 1.95. The molecular formula is C13H16ClNO3S. The van der Waals surface area contributed by atoms with E-state index in [4.69, 9.17) is 16.3 Å². The van der Waals surface area contributed by atoms with Crippen LogP contribution in [-0.2, 0) is 14.8 Å². The lowest BCUT2D eigenvalue weighted by molar-refractivity contribution is 0.0143. The fraction of sp³-hybridized carbons (Fsp3) is 0.538. The summed E-state index contributed by atoms with van der Waals surface area (Å²) < 4.78 is 33.0. The Kier molecular flexibility index (Phi) is 3.33. The van der Waals surface area contributed by atoms with Crippen molar-refractivity contribution in [2.45, 2.75) is 36.8 Å². The van der Waals surface area contributed by atoms with Crippen LogP contribution in [0.5, 0.6) is 0 Å². The summed E-state index contributed by atoms with van der Waals surface area (Å²) in [5.74, 6) is 0.328. The highest BCUT2D eigenvalue weighted by Crippen LogP contribution is 2.39. The van der Waals surface area contributed by atoms with Gasteiger partial charge in [-0.25, -0.2) is 13.1 Å². The van der Waals surface area contributed by atoms with Crippen molar-refractivity contribution in [2.75, 3.05) is 6.61 Å². The first-order valence-corrected chi connectivity index (χ1v) is 8.24. The minimum atomic E-state index is -3.50. The second-order valence-corrected chi connectivity index (χ2v) is 7.28. The predicted octanol–water partition coefficient (Wildman–Crippen LogP) is 2.10. The second-order valence-electron chi connectivity index (χ2n) is 5.19. The SMILES string of the molecule is Cc1c(Cl)cccc1S(=O)(=O)N[C@@H]1C[C@H]2OCC[C@@H]12. The highest BCUT2D eigenvalue weighted by atomic mass is 35.5. The molecule has 0 bridgehead atoms. The molecule has 3 rings (SSSR count). The third-order valence-electron chi connectivity index (χ3n) is 4.08. The van der Waals surface area contributed by atoms with Crippen LogP contribution in [0.2, 0.25) is 5.02 Å². The summed E-state index contributed by atoms with van der Waals surface area (Å²) in [6.45, 7) is 2.46. The van der Waals surface area contributed by atoms with E-state index in [-0.39, 0.29) is 17.0 Å². The molecule has 4 nitrogen and oxygen atoms in total. The van der Waals surface area contributed by atoms with Crippen molar-refractivity contribution in [1.29, 1.82) is 0 Å². The lowest BCUT2D eigenvalue weighted by Gasteiger charge is -2.39. The summed E-state index contributed by atoms with van der Waals surface area (Å²) >= 11 is 5.98. The zero-order chi connectivity index (χ0) is 13.6. The molecule has 1 aliphatic heterocycles. The number of ether oxygens (including phenoxy) is 1. The molecule has 0 aromatic heterocycles. The molecule has 19 heavy (non-hydrogen) atoms. The molecule has 2 fully saturated rings. The van der Waals surface area contributed by atoms with E-state index in [1.165, 1.54) is 0 Å². The molecule has 1 aromatic rings. The molecule has 0 radical (unpaired) electrons. The average Bonchev–Trinajstić information content (AvgIpc) is 2.71. The summed E-state index contributed by atoms with van der Waals surface area (Å²) in [5.41, 5.74) is 0.593. The average molecular weight is 302 g/mol. The fourth-order valence-corrected chi connectivity index (χ4v) is 4.67. The number of rotatable bonds is 3. The van der Waals surface area contributed by atoms with E-state index in [1.54, 1.807) is 25.1 Å². The van der Waals surface area contributed by atoms with Crippen LogP contribution < -0.4 is 4.72 Å². The smallest absolute Gasteiger partial charge is 0.241 e. The Bertz CT molecular complexity index is 602. The normalized spacial score (nSPS) is 29.9. The maximum atomic E-state index is 12.4. The summed E-state index contributed by atoms with van der Waals surface area (Å²) in [7, 11) is -3.50. The maximum Gasteiger partial charge on any atom is 0.241 e. The molecule has 0 unspecified atom stereocenters. The van der Waals surface area contributed by atoms with Gasteiger partial charge in [-0.1, -0.05) is 17.7 Å². The fourth-order valence-electron chi connectivity index (χ4n) is 2.87. The van der Waals surface area contributed by atoms with Gasteiger partial charge in [-0.05, 0) is 37.5 Å². The van der Waals surface area contributed by atoms with Crippen LogP contribution in [-0.4, -0.2) is 27.2 Å². The minimum absolute atomic E-state index is 0.00381. The van der Waals surface area contributed by atoms with Gasteiger partial charge in [-0.2, -0.15) is 0 Å². The molecular weight excluding hydrogens is 286 g/mol. The van der Waals surface area contributed by atoms with Crippen LogP contribution in [0.4, 0.5) is 0 Å². The first kappa shape index (κ1) is 13.4. The topological polar surface area (TPSA) is 55.4 Å². The number of benzene rings is 1.